The van der Waals surface area contributed by atoms with Gasteiger partial charge in [0.15, 0.2) is 5.84 Å². The number of hydrogen-bond donors (Lipinski definition) is 3. The Labute approximate surface area is 114 Å². The molecular formula is C15H21N3O. The lowest BCUT2D eigenvalue weighted by Crippen LogP contribution is -2.23. The topological polar surface area (TPSA) is 70.6 Å². The predicted molar refractivity (Wildman–Crippen MR) is 77.1 cm³/mol. The highest BCUT2D eigenvalue weighted by atomic mass is 16.4. The maximum absolute atomic E-state index is 8.67. The quantitative estimate of drug-likeness (QED) is 0.250. The van der Waals surface area contributed by atoms with E-state index in [1.807, 2.05) is 24.3 Å². The molecule has 0 aliphatic heterocycles. The van der Waals surface area contributed by atoms with Gasteiger partial charge in [0.25, 0.3) is 0 Å². The van der Waals surface area contributed by atoms with E-state index in [4.69, 9.17) is 10.9 Å². The number of amidine groups is 1. The number of oxime groups is 1. The van der Waals surface area contributed by atoms with Crippen LogP contribution in [0.3, 0.4) is 0 Å². The number of rotatable bonds is 5. The van der Waals surface area contributed by atoms with E-state index in [1.54, 1.807) is 0 Å². The molecule has 0 radical (unpaired) electrons. The monoisotopic (exact) mass is 259 g/mol. The van der Waals surface area contributed by atoms with Crippen LogP contribution in [-0.2, 0) is 6.54 Å². The largest absolute Gasteiger partial charge is 0.409 e. The van der Waals surface area contributed by atoms with Gasteiger partial charge in [0.2, 0.25) is 0 Å². The molecule has 1 aliphatic carbocycles. The molecule has 1 aliphatic rings. The van der Waals surface area contributed by atoms with Crippen molar-refractivity contribution >= 4 is 5.84 Å². The summed E-state index contributed by atoms with van der Waals surface area (Å²) >= 11 is 0. The molecule has 0 spiro atoms. The lowest BCUT2D eigenvalue weighted by molar-refractivity contribution is 0.318. The molecule has 1 aromatic rings. The third-order valence-corrected chi connectivity index (χ3v) is 3.47. The number of allylic oxidation sites excluding steroid dienone is 2. The molecule has 4 heteroatoms. The third-order valence-electron chi connectivity index (χ3n) is 3.47. The Balaban J connectivity index is 1.84. The first-order valence-corrected chi connectivity index (χ1v) is 6.72. The van der Waals surface area contributed by atoms with Gasteiger partial charge in [-0.05, 0) is 43.4 Å². The van der Waals surface area contributed by atoms with Crippen LogP contribution in [0.5, 0.6) is 0 Å². The fraction of sp³-hybridized carbons (Fsp3) is 0.400. The highest BCUT2D eigenvalue weighted by molar-refractivity contribution is 5.97. The van der Waals surface area contributed by atoms with Crippen LogP contribution in [0.15, 0.2) is 41.6 Å². The SMILES string of the molecule is NC(=NO)c1cccc(CNCC2CC=CCC2)c1. The van der Waals surface area contributed by atoms with E-state index in [0.717, 1.165) is 30.1 Å². The van der Waals surface area contributed by atoms with E-state index in [-0.39, 0.29) is 5.84 Å². The van der Waals surface area contributed by atoms with Gasteiger partial charge in [-0.15, -0.1) is 0 Å². The lowest BCUT2D eigenvalue weighted by Gasteiger charge is -2.18. The van der Waals surface area contributed by atoms with E-state index < -0.39 is 0 Å². The average molecular weight is 259 g/mol. The van der Waals surface area contributed by atoms with Crippen LogP contribution >= 0.6 is 0 Å². The van der Waals surface area contributed by atoms with Crippen molar-refractivity contribution in [2.45, 2.75) is 25.8 Å². The van der Waals surface area contributed by atoms with E-state index >= 15 is 0 Å². The van der Waals surface area contributed by atoms with E-state index in [0.29, 0.717) is 0 Å². The van der Waals surface area contributed by atoms with E-state index in [9.17, 15) is 0 Å². The van der Waals surface area contributed by atoms with Crippen molar-refractivity contribution in [2.24, 2.45) is 16.8 Å². The first-order chi connectivity index (χ1) is 9.29. The van der Waals surface area contributed by atoms with Gasteiger partial charge in [-0.1, -0.05) is 35.5 Å². The van der Waals surface area contributed by atoms with Crippen LogP contribution in [0.4, 0.5) is 0 Å². The van der Waals surface area contributed by atoms with Crippen molar-refractivity contribution < 1.29 is 5.21 Å². The minimum atomic E-state index is 0.152. The molecule has 0 saturated carbocycles. The maximum atomic E-state index is 8.67. The summed E-state index contributed by atoms with van der Waals surface area (Å²) in [6, 6.07) is 7.75. The summed E-state index contributed by atoms with van der Waals surface area (Å²) in [5.41, 5.74) is 7.48. The van der Waals surface area contributed by atoms with Crippen LogP contribution in [0.1, 0.15) is 30.4 Å². The number of nitrogens with one attached hydrogen (secondary N) is 1. The maximum Gasteiger partial charge on any atom is 0.170 e. The minimum absolute atomic E-state index is 0.152. The van der Waals surface area contributed by atoms with E-state index in [2.05, 4.69) is 22.6 Å². The molecule has 1 unspecified atom stereocenters. The lowest BCUT2D eigenvalue weighted by atomic mass is 9.94. The minimum Gasteiger partial charge on any atom is -0.409 e. The Kier molecular flexibility index (Phi) is 4.98. The molecule has 0 bridgehead atoms. The standard InChI is InChI=1S/C15H21N3O/c16-15(18-19)14-8-4-7-13(9-14)11-17-10-12-5-2-1-3-6-12/h1-2,4,7-9,12,17,19H,3,5-6,10-11H2,(H2,16,18). The van der Waals surface area contributed by atoms with Crippen LogP contribution in [0, 0.1) is 5.92 Å². The summed E-state index contributed by atoms with van der Waals surface area (Å²) in [6.07, 6.45) is 8.18. The number of nitrogens with zero attached hydrogens (tertiary/aromatic N) is 1. The predicted octanol–water partition coefficient (Wildman–Crippen LogP) is 2.23. The third kappa shape index (κ3) is 4.10. The van der Waals surface area contributed by atoms with Gasteiger partial charge in [0.1, 0.15) is 0 Å². The molecule has 4 N–H and O–H groups in total. The highest BCUT2D eigenvalue weighted by Crippen LogP contribution is 2.17. The van der Waals surface area contributed by atoms with Crippen molar-refractivity contribution in [1.29, 1.82) is 0 Å². The fourth-order valence-electron chi connectivity index (χ4n) is 2.36. The van der Waals surface area contributed by atoms with Gasteiger partial charge >= 0.3 is 0 Å². The summed E-state index contributed by atoms with van der Waals surface area (Å²) < 4.78 is 0. The summed E-state index contributed by atoms with van der Waals surface area (Å²) in [5.74, 6) is 0.900. The van der Waals surface area contributed by atoms with Crippen molar-refractivity contribution in [3.05, 3.63) is 47.5 Å². The van der Waals surface area contributed by atoms with Crippen LogP contribution < -0.4 is 11.1 Å². The molecule has 0 amide bonds. The Hall–Kier alpha value is -1.81. The average Bonchev–Trinajstić information content (AvgIpc) is 2.48. The second kappa shape index (κ2) is 6.95. The Morgan fingerprint density at radius 2 is 2.32 bits per heavy atom. The second-order valence-electron chi connectivity index (χ2n) is 4.97. The Bertz CT molecular complexity index is 468. The van der Waals surface area contributed by atoms with Gasteiger partial charge < -0.3 is 16.3 Å². The van der Waals surface area contributed by atoms with Crippen molar-refractivity contribution in [1.82, 2.24) is 5.32 Å². The highest BCUT2D eigenvalue weighted by Gasteiger charge is 2.09. The fourth-order valence-corrected chi connectivity index (χ4v) is 2.36. The summed E-state index contributed by atoms with van der Waals surface area (Å²) in [7, 11) is 0. The zero-order valence-corrected chi connectivity index (χ0v) is 11.0. The molecule has 1 aromatic carbocycles. The van der Waals surface area contributed by atoms with Crippen LogP contribution in [0.25, 0.3) is 0 Å². The first-order valence-electron chi connectivity index (χ1n) is 6.72. The van der Waals surface area contributed by atoms with Crippen molar-refractivity contribution in [2.75, 3.05) is 6.54 Å². The summed E-state index contributed by atoms with van der Waals surface area (Å²) in [6.45, 7) is 1.85. The Morgan fingerprint density at radius 3 is 3.05 bits per heavy atom. The molecular weight excluding hydrogens is 238 g/mol. The molecule has 0 fully saturated rings. The second-order valence-corrected chi connectivity index (χ2v) is 4.97. The van der Waals surface area contributed by atoms with Crippen LogP contribution in [-0.4, -0.2) is 17.6 Å². The van der Waals surface area contributed by atoms with Gasteiger partial charge in [0.05, 0.1) is 0 Å². The molecule has 102 valence electrons. The summed E-state index contributed by atoms with van der Waals surface area (Å²) in [5, 5.41) is 15.2. The van der Waals surface area contributed by atoms with E-state index in [1.165, 1.54) is 19.3 Å². The van der Waals surface area contributed by atoms with Crippen LogP contribution in [0.2, 0.25) is 0 Å². The van der Waals surface area contributed by atoms with Crippen molar-refractivity contribution in [3.8, 4) is 0 Å². The number of nitrogens with two attached hydrogens (primary N) is 1. The number of hydrogen-bond acceptors (Lipinski definition) is 3. The molecule has 1 atom stereocenters. The molecule has 19 heavy (non-hydrogen) atoms. The summed E-state index contributed by atoms with van der Waals surface area (Å²) in [4.78, 5) is 0. The molecule has 0 heterocycles. The molecule has 0 aromatic heterocycles. The molecule has 4 nitrogen and oxygen atoms in total. The molecule has 0 saturated heterocycles. The molecule has 2 rings (SSSR count). The van der Waals surface area contributed by atoms with Gasteiger partial charge in [-0.2, -0.15) is 0 Å². The zero-order valence-electron chi connectivity index (χ0n) is 11.0. The Morgan fingerprint density at radius 1 is 1.42 bits per heavy atom. The van der Waals surface area contributed by atoms with Gasteiger partial charge in [-0.25, -0.2) is 0 Å². The smallest absolute Gasteiger partial charge is 0.170 e. The van der Waals surface area contributed by atoms with Gasteiger partial charge in [0, 0.05) is 12.1 Å². The zero-order chi connectivity index (χ0) is 13.5. The normalized spacial score (nSPS) is 19.6. The van der Waals surface area contributed by atoms with Gasteiger partial charge in [-0.3, -0.25) is 0 Å². The van der Waals surface area contributed by atoms with Crippen molar-refractivity contribution in [3.63, 3.8) is 0 Å². The first kappa shape index (κ1) is 13.6. The number of benzene rings is 1.